The number of nitrogens with zero attached hydrogens (tertiary/aromatic N) is 2. The highest BCUT2D eigenvalue weighted by Crippen LogP contribution is 2.30. The molecule has 0 saturated heterocycles. The standard InChI is InChI=1S/C13H9ClN2OS/c14-11(9-4-2-1-3-5-9)13-16-15-12(17-13)10-6-7-18-8-10/h1-8,11H. The van der Waals surface area contributed by atoms with Crippen molar-refractivity contribution in [3.05, 3.63) is 58.6 Å². The van der Waals surface area contributed by atoms with Crippen molar-refractivity contribution in [1.82, 2.24) is 10.2 Å². The molecule has 0 N–H and O–H groups in total. The largest absolute Gasteiger partial charge is 0.419 e. The van der Waals surface area contributed by atoms with Gasteiger partial charge in [-0.05, 0) is 17.0 Å². The first kappa shape index (κ1) is 11.4. The van der Waals surface area contributed by atoms with Gasteiger partial charge in [-0.1, -0.05) is 30.3 Å². The summed E-state index contributed by atoms with van der Waals surface area (Å²) >= 11 is 7.90. The second-order valence-corrected chi connectivity index (χ2v) is 4.95. The monoisotopic (exact) mass is 276 g/mol. The summed E-state index contributed by atoms with van der Waals surface area (Å²) in [5.74, 6) is 0.928. The normalized spacial score (nSPS) is 12.5. The third kappa shape index (κ3) is 2.17. The number of alkyl halides is 1. The summed E-state index contributed by atoms with van der Waals surface area (Å²) in [4.78, 5) is 0. The van der Waals surface area contributed by atoms with E-state index in [1.807, 2.05) is 47.2 Å². The molecule has 0 aliphatic carbocycles. The van der Waals surface area contributed by atoms with Crippen LogP contribution in [0.25, 0.3) is 11.5 Å². The fraction of sp³-hybridized carbons (Fsp3) is 0.0769. The SMILES string of the molecule is ClC(c1ccccc1)c1nnc(-c2ccsc2)o1. The minimum atomic E-state index is -0.411. The van der Waals surface area contributed by atoms with Crippen LogP contribution < -0.4 is 0 Å². The molecule has 1 atom stereocenters. The number of hydrogen-bond donors (Lipinski definition) is 0. The van der Waals surface area contributed by atoms with E-state index < -0.39 is 5.38 Å². The van der Waals surface area contributed by atoms with Gasteiger partial charge in [-0.3, -0.25) is 0 Å². The second-order valence-electron chi connectivity index (χ2n) is 3.73. The molecule has 0 bridgehead atoms. The number of benzene rings is 1. The van der Waals surface area contributed by atoms with E-state index in [1.54, 1.807) is 11.3 Å². The topological polar surface area (TPSA) is 38.9 Å². The van der Waals surface area contributed by atoms with Crippen LogP contribution in [0.4, 0.5) is 0 Å². The fourth-order valence-electron chi connectivity index (χ4n) is 1.60. The van der Waals surface area contributed by atoms with Gasteiger partial charge in [0.05, 0.1) is 0 Å². The molecule has 0 saturated carbocycles. The third-order valence-corrected chi connectivity index (χ3v) is 3.64. The smallest absolute Gasteiger partial charge is 0.248 e. The van der Waals surface area contributed by atoms with E-state index in [9.17, 15) is 0 Å². The van der Waals surface area contributed by atoms with E-state index in [0.717, 1.165) is 11.1 Å². The van der Waals surface area contributed by atoms with Gasteiger partial charge in [0.2, 0.25) is 11.8 Å². The molecule has 0 aliphatic rings. The lowest BCUT2D eigenvalue weighted by atomic mass is 10.1. The van der Waals surface area contributed by atoms with E-state index in [0.29, 0.717) is 11.8 Å². The van der Waals surface area contributed by atoms with Crippen molar-refractivity contribution in [2.75, 3.05) is 0 Å². The van der Waals surface area contributed by atoms with Crippen LogP contribution in [0.1, 0.15) is 16.8 Å². The number of aromatic nitrogens is 2. The first-order valence-corrected chi connectivity index (χ1v) is 6.77. The van der Waals surface area contributed by atoms with Crippen LogP contribution in [-0.4, -0.2) is 10.2 Å². The maximum absolute atomic E-state index is 6.31. The van der Waals surface area contributed by atoms with E-state index >= 15 is 0 Å². The number of hydrogen-bond acceptors (Lipinski definition) is 4. The molecular weight excluding hydrogens is 268 g/mol. The summed E-state index contributed by atoms with van der Waals surface area (Å²) in [5.41, 5.74) is 1.87. The third-order valence-electron chi connectivity index (χ3n) is 2.52. The van der Waals surface area contributed by atoms with E-state index in [-0.39, 0.29) is 0 Å². The molecule has 90 valence electrons. The first-order valence-electron chi connectivity index (χ1n) is 5.39. The lowest BCUT2D eigenvalue weighted by molar-refractivity contribution is 0.513. The molecule has 1 unspecified atom stereocenters. The zero-order chi connectivity index (χ0) is 12.4. The van der Waals surface area contributed by atoms with E-state index in [4.69, 9.17) is 16.0 Å². The summed E-state index contributed by atoms with van der Waals surface area (Å²) in [6.07, 6.45) is 0. The predicted molar refractivity (Wildman–Crippen MR) is 71.7 cm³/mol. The van der Waals surface area contributed by atoms with E-state index in [2.05, 4.69) is 10.2 Å². The molecule has 0 spiro atoms. The molecule has 2 heterocycles. The van der Waals surface area contributed by atoms with Crippen LogP contribution in [0.15, 0.2) is 51.6 Å². The Morgan fingerprint density at radius 3 is 2.67 bits per heavy atom. The van der Waals surface area contributed by atoms with Gasteiger partial charge >= 0.3 is 0 Å². The van der Waals surface area contributed by atoms with Crippen molar-refractivity contribution in [2.24, 2.45) is 0 Å². The summed E-state index contributed by atoms with van der Waals surface area (Å²) < 4.78 is 5.60. The quantitative estimate of drug-likeness (QED) is 0.675. The van der Waals surface area contributed by atoms with Crippen molar-refractivity contribution >= 4 is 22.9 Å². The van der Waals surface area contributed by atoms with Crippen LogP contribution in [0.3, 0.4) is 0 Å². The molecular formula is C13H9ClN2OS. The maximum atomic E-state index is 6.31. The molecule has 3 nitrogen and oxygen atoms in total. The van der Waals surface area contributed by atoms with Gasteiger partial charge in [0, 0.05) is 10.9 Å². The van der Waals surface area contributed by atoms with Crippen molar-refractivity contribution in [3.8, 4) is 11.5 Å². The Kier molecular flexibility index (Phi) is 3.13. The zero-order valence-corrected chi connectivity index (χ0v) is 10.9. The van der Waals surface area contributed by atoms with Crippen LogP contribution in [-0.2, 0) is 0 Å². The Morgan fingerprint density at radius 2 is 1.94 bits per heavy atom. The summed E-state index contributed by atoms with van der Waals surface area (Å²) in [7, 11) is 0. The molecule has 3 rings (SSSR count). The lowest BCUT2D eigenvalue weighted by Gasteiger charge is -2.03. The molecule has 5 heteroatoms. The second kappa shape index (κ2) is 4.92. The van der Waals surface area contributed by atoms with Crippen molar-refractivity contribution < 1.29 is 4.42 Å². The summed E-state index contributed by atoms with van der Waals surface area (Å²) in [6, 6.07) is 11.6. The lowest BCUT2D eigenvalue weighted by Crippen LogP contribution is -1.92. The molecule has 18 heavy (non-hydrogen) atoms. The average Bonchev–Trinajstić information content (AvgIpc) is 3.09. The molecule has 1 aromatic carbocycles. The maximum Gasteiger partial charge on any atom is 0.248 e. The molecule has 0 aliphatic heterocycles. The average molecular weight is 277 g/mol. The van der Waals surface area contributed by atoms with Crippen LogP contribution >= 0.6 is 22.9 Å². The highest BCUT2D eigenvalue weighted by Gasteiger charge is 2.18. The first-order chi connectivity index (χ1) is 8.84. The Labute approximate surface area is 113 Å². The van der Waals surface area contributed by atoms with Gasteiger partial charge in [-0.15, -0.1) is 21.8 Å². The number of thiophene rings is 1. The fourth-order valence-corrected chi connectivity index (χ4v) is 2.47. The Bertz CT molecular complexity index is 622. The Morgan fingerprint density at radius 1 is 1.11 bits per heavy atom. The molecule has 2 aromatic heterocycles. The van der Waals surface area contributed by atoms with Crippen LogP contribution in [0, 0.1) is 0 Å². The van der Waals surface area contributed by atoms with Crippen molar-refractivity contribution in [3.63, 3.8) is 0 Å². The highest BCUT2D eigenvalue weighted by molar-refractivity contribution is 7.08. The molecule has 3 aromatic rings. The van der Waals surface area contributed by atoms with Crippen molar-refractivity contribution in [2.45, 2.75) is 5.38 Å². The van der Waals surface area contributed by atoms with Crippen LogP contribution in [0.5, 0.6) is 0 Å². The van der Waals surface area contributed by atoms with Gasteiger partial charge in [0.15, 0.2) is 0 Å². The van der Waals surface area contributed by atoms with Gasteiger partial charge in [-0.25, -0.2) is 0 Å². The highest BCUT2D eigenvalue weighted by atomic mass is 35.5. The molecule has 0 radical (unpaired) electrons. The van der Waals surface area contributed by atoms with Gasteiger partial charge in [-0.2, -0.15) is 11.3 Å². The molecule has 0 fully saturated rings. The van der Waals surface area contributed by atoms with Gasteiger partial charge in [0.25, 0.3) is 0 Å². The Balaban J connectivity index is 1.90. The summed E-state index contributed by atoms with van der Waals surface area (Å²) in [5, 5.41) is 11.5. The number of rotatable bonds is 3. The zero-order valence-electron chi connectivity index (χ0n) is 9.29. The van der Waals surface area contributed by atoms with Gasteiger partial charge in [0.1, 0.15) is 5.38 Å². The predicted octanol–water partition coefficient (Wildman–Crippen LogP) is 4.13. The molecule has 0 amide bonds. The summed E-state index contributed by atoms with van der Waals surface area (Å²) in [6.45, 7) is 0. The minimum absolute atomic E-state index is 0.411. The van der Waals surface area contributed by atoms with Crippen molar-refractivity contribution in [1.29, 1.82) is 0 Å². The van der Waals surface area contributed by atoms with E-state index in [1.165, 1.54) is 0 Å². The van der Waals surface area contributed by atoms with Gasteiger partial charge < -0.3 is 4.42 Å². The Hall–Kier alpha value is -1.65. The van der Waals surface area contributed by atoms with Crippen LogP contribution in [0.2, 0.25) is 0 Å². The number of halogens is 1. The minimum Gasteiger partial charge on any atom is -0.419 e.